The predicted molar refractivity (Wildman–Crippen MR) is 187 cm³/mol. The van der Waals surface area contributed by atoms with Crippen molar-refractivity contribution in [3.63, 3.8) is 0 Å². The highest BCUT2D eigenvalue weighted by atomic mass is 16.4. The fourth-order valence-corrected chi connectivity index (χ4v) is 6.58. The molecule has 1 heterocycles. The Morgan fingerprint density at radius 2 is 1.71 bits per heavy atom. The van der Waals surface area contributed by atoms with Crippen LogP contribution < -0.4 is 5.32 Å². The molecule has 0 saturated carbocycles. The monoisotopic (exact) mass is 604 g/mol. The number of hydrogen-bond donors (Lipinski definition) is 2. The van der Waals surface area contributed by atoms with Crippen molar-refractivity contribution in [1.82, 2.24) is 4.90 Å². The molecule has 1 unspecified atom stereocenters. The van der Waals surface area contributed by atoms with Gasteiger partial charge in [0, 0.05) is 12.2 Å². The lowest BCUT2D eigenvalue weighted by molar-refractivity contribution is -0.139. The van der Waals surface area contributed by atoms with Crippen LogP contribution in [0.5, 0.6) is 0 Å². The molecule has 0 aliphatic carbocycles. The van der Waals surface area contributed by atoms with Gasteiger partial charge in [-0.3, -0.25) is 4.79 Å². The maximum Gasteiger partial charge on any atom is 0.322 e. The van der Waals surface area contributed by atoms with Gasteiger partial charge in [-0.2, -0.15) is 0 Å². The van der Waals surface area contributed by atoms with Crippen LogP contribution in [0.15, 0.2) is 91.1 Å². The van der Waals surface area contributed by atoms with E-state index in [1.54, 1.807) is 6.08 Å². The number of rotatable bonds is 10. The molecule has 2 atom stereocenters. The van der Waals surface area contributed by atoms with Crippen molar-refractivity contribution in [2.75, 3.05) is 11.9 Å². The molecule has 0 saturated heterocycles. The molecule has 0 radical (unpaired) electrons. The summed E-state index contributed by atoms with van der Waals surface area (Å²) in [5, 5.41) is 13.9. The molecule has 5 heteroatoms. The Morgan fingerprint density at radius 1 is 1.04 bits per heavy atom. The molecule has 2 amide bonds. The van der Waals surface area contributed by atoms with E-state index in [1.807, 2.05) is 67.3 Å². The molecule has 0 bridgehead atoms. The number of aryl methyl sites for hydroxylation is 1. The van der Waals surface area contributed by atoms with E-state index in [0.717, 1.165) is 62.2 Å². The number of benzene rings is 3. The number of amides is 2. The second kappa shape index (κ2) is 14.2. The van der Waals surface area contributed by atoms with Gasteiger partial charge in [0.15, 0.2) is 0 Å². The minimum atomic E-state index is -0.841. The van der Waals surface area contributed by atoms with Crippen molar-refractivity contribution in [3.05, 3.63) is 124 Å². The van der Waals surface area contributed by atoms with Gasteiger partial charge in [0.25, 0.3) is 0 Å². The Labute approximate surface area is 269 Å². The molecular formula is C40H48N2O3. The summed E-state index contributed by atoms with van der Waals surface area (Å²) in [7, 11) is 0. The number of nitrogens with zero attached hydrogens (tertiary/aromatic N) is 1. The van der Waals surface area contributed by atoms with Crippen molar-refractivity contribution < 1.29 is 14.7 Å². The first-order valence-electron chi connectivity index (χ1n) is 15.9. The molecular weight excluding hydrogens is 556 g/mol. The van der Waals surface area contributed by atoms with Crippen molar-refractivity contribution >= 4 is 17.7 Å². The van der Waals surface area contributed by atoms with Crippen LogP contribution in [0.1, 0.15) is 85.9 Å². The number of carbonyl (C=O) groups excluding carboxylic acids is 1. The first-order chi connectivity index (χ1) is 21.4. The fraction of sp³-hybridized carbons (Fsp3) is 0.350. The van der Waals surface area contributed by atoms with Gasteiger partial charge in [-0.05, 0) is 96.9 Å². The molecule has 236 valence electrons. The van der Waals surface area contributed by atoms with Crippen LogP contribution in [0.4, 0.5) is 10.5 Å². The van der Waals surface area contributed by atoms with Gasteiger partial charge >= 0.3 is 12.0 Å². The van der Waals surface area contributed by atoms with E-state index in [9.17, 15) is 14.7 Å². The second-order valence-corrected chi connectivity index (χ2v) is 13.3. The van der Waals surface area contributed by atoms with Crippen LogP contribution in [-0.4, -0.2) is 28.6 Å². The van der Waals surface area contributed by atoms with Crippen LogP contribution >= 0.6 is 0 Å². The Kier molecular flexibility index (Phi) is 10.5. The summed E-state index contributed by atoms with van der Waals surface area (Å²) in [6, 6.07) is 17.9. The van der Waals surface area contributed by atoms with Crippen LogP contribution in [0.2, 0.25) is 0 Å². The third kappa shape index (κ3) is 7.47. The van der Waals surface area contributed by atoms with E-state index in [-0.39, 0.29) is 17.5 Å². The summed E-state index contributed by atoms with van der Waals surface area (Å²) in [6.07, 6.45) is 9.62. The van der Waals surface area contributed by atoms with Crippen LogP contribution in [0.3, 0.4) is 0 Å². The Bertz CT molecular complexity index is 1610. The number of carboxylic acid groups (broad SMARTS) is 1. The van der Waals surface area contributed by atoms with Gasteiger partial charge in [-0.15, -0.1) is 0 Å². The van der Waals surface area contributed by atoms with Crippen LogP contribution in [-0.2, 0) is 11.2 Å². The van der Waals surface area contributed by atoms with Crippen LogP contribution in [0.25, 0.3) is 11.1 Å². The normalized spacial score (nSPS) is 15.3. The molecule has 0 spiro atoms. The number of carbonyl (C=O) groups is 2. The minimum absolute atomic E-state index is 0.0167. The van der Waals surface area contributed by atoms with Crippen LogP contribution in [0, 0.1) is 26.2 Å². The van der Waals surface area contributed by atoms with E-state index in [2.05, 4.69) is 70.8 Å². The van der Waals surface area contributed by atoms with Crippen molar-refractivity contribution in [3.8, 4) is 11.1 Å². The summed E-state index contributed by atoms with van der Waals surface area (Å²) in [5.41, 5.74) is 9.49. The lowest BCUT2D eigenvalue weighted by Gasteiger charge is -2.32. The van der Waals surface area contributed by atoms with E-state index in [0.29, 0.717) is 19.4 Å². The van der Waals surface area contributed by atoms with Gasteiger partial charge < -0.3 is 15.3 Å². The first-order valence-corrected chi connectivity index (χ1v) is 15.9. The summed E-state index contributed by atoms with van der Waals surface area (Å²) in [4.78, 5) is 29.1. The third-order valence-electron chi connectivity index (χ3n) is 8.86. The molecule has 1 aliphatic heterocycles. The molecule has 2 N–H and O–H groups in total. The maximum absolute atomic E-state index is 14.3. The summed E-state index contributed by atoms with van der Waals surface area (Å²) >= 11 is 0. The van der Waals surface area contributed by atoms with E-state index >= 15 is 0 Å². The SMILES string of the molecule is C=C/C=C(\C=C/C)C(c1ccccc1)N1CCc2c(C)c(-c3ccc(C)cc3)c([C@H](CCC(C)(C)C)C(=O)O)c(C)c2NC1=O. The van der Waals surface area contributed by atoms with Gasteiger partial charge in [-0.25, -0.2) is 4.79 Å². The minimum Gasteiger partial charge on any atom is -0.481 e. The highest BCUT2D eigenvalue weighted by Gasteiger charge is 2.35. The molecule has 5 nitrogen and oxygen atoms in total. The summed E-state index contributed by atoms with van der Waals surface area (Å²) < 4.78 is 0. The fourth-order valence-electron chi connectivity index (χ4n) is 6.58. The van der Waals surface area contributed by atoms with Gasteiger partial charge in [0.2, 0.25) is 0 Å². The molecule has 1 aliphatic rings. The lowest BCUT2D eigenvalue weighted by atomic mass is 9.77. The van der Waals surface area contributed by atoms with Crippen molar-refractivity contribution in [2.45, 2.75) is 79.7 Å². The van der Waals surface area contributed by atoms with Gasteiger partial charge in [-0.1, -0.05) is 112 Å². The Hall–Kier alpha value is -4.38. The topological polar surface area (TPSA) is 69.6 Å². The molecule has 0 fully saturated rings. The average Bonchev–Trinajstić information content (AvgIpc) is 3.16. The summed E-state index contributed by atoms with van der Waals surface area (Å²) in [6.45, 7) is 18.9. The Balaban J connectivity index is 1.93. The number of hydrogen-bond acceptors (Lipinski definition) is 2. The smallest absolute Gasteiger partial charge is 0.322 e. The zero-order valence-electron chi connectivity index (χ0n) is 27.9. The number of anilines is 1. The zero-order valence-corrected chi connectivity index (χ0v) is 27.9. The molecule has 0 aromatic heterocycles. The Morgan fingerprint density at radius 3 is 2.29 bits per heavy atom. The van der Waals surface area contributed by atoms with Gasteiger partial charge in [0.1, 0.15) is 0 Å². The number of fused-ring (bicyclic) bond motifs is 1. The van der Waals surface area contributed by atoms with Gasteiger partial charge in [0.05, 0.1) is 12.0 Å². The quantitative estimate of drug-likeness (QED) is 0.226. The first kappa shape index (κ1) is 33.5. The van der Waals surface area contributed by atoms with E-state index in [1.165, 1.54) is 0 Å². The van der Waals surface area contributed by atoms with Crippen molar-refractivity contribution in [2.24, 2.45) is 5.41 Å². The van der Waals surface area contributed by atoms with E-state index in [4.69, 9.17) is 0 Å². The summed E-state index contributed by atoms with van der Waals surface area (Å²) in [5.74, 6) is -1.55. The number of aliphatic carboxylic acids is 1. The zero-order chi connectivity index (χ0) is 32.9. The highest BCUT2D eigenvalue weighted by molar-refractivity contribution is 5.96. The predicted octanol–water partition coefficient (Wildman–Crippen LogP) is 10.1. The third-order valence-corrected chi connectivity index (χ3v) is 8.86. The second-order valence-electron chi connectivity index (χ2n) is 13.3. The number of carboxylic acids is 1. The lowest BCUT2D eigenvalue weighted by Crippen LogP contribution is -2.38. The van der Waals surface area contributed by atoms with E-state index < -0.39 is 11.9 Å². The molecule has 4 rings (SSSR count). The molecule has 3 aromatic rings. The highest BCUT2D eigenvalue weighted by Crippen LogP contribution is 2.45. The molecule has 45 heavy (non-hydrogen) atoms. The average molecular weight is 605 g/mol. The standard InChI is InChI=1S/C40H48N2O3/c1-9-14-30(15-10-2)37(31-16-12-11-13-17-31)42-25-23-32-27(4)34(29-20-18-26(3)19-21-29)35(28(5)36(32)41-39(42)45)33(38(43)44)22-24-40(6,7)8/h9-21,33,37H,1,22-25H2,2-8H3,(H,41,45)(H,43,44)/b15-10-,30-14+/t33-,37?/m0/s1. The number of allylic oxidation sites excluding steroid dienone is 3. The maximum atomic E-state index is 14.3. The number of nitrogens with one attached hydrogen (secondary N) is 1. The largest absolute Gasteiger partial charge is 0.481 e. The molecule has 3 aromatic carbocycles. The van der Waals surface area contributed by atoms with Crippen molar-refractivity contribution in [1.29, 1.82) is 0 Å². The number of urea groups is 1.